The number of nitrogens with zero attached hydrogens (tertiary/aromatic N) is 1. The fraction of sp³-hybridized carbons (Fsp3) is 0.222. The highest BCUT2D eigenvalue weighted by molar-refractivity contribution is 7.93. The molecule has 7 heteroatoms. The molecule has 0 amide bonds. The van der Waals surface area contributed by atoms with Gasteiger partial charge >= 0.3 is 0 Å². The maximum atomic E-state index is 11.5. The van der Waals surface area contributed by atoms with E-state index < -0.39 is 15.3 Å². The molecular weight excluding hydrogens is 271 g/mol. The van der Waals surface area contributed by atoms with Crippen LogP contribution < -0.4 is 4.72 Å². The Hall–Kier alpha value is -0.960. The molecule has 1 rings (SSSR count). The first-order valence-corrected chi connectivity index (χ1v) is 6.53. The largest absolute Gasteiger partial charge is 0.281 e. The second-order valence-electron chi connectivity index (χ2n) is 3.04. The molecule has 86 valence electrons. The summed E-state index contributed by atoms with van der Waals surface area (Å²) in [5, 5.41) is 7.97. The number of hydrogen-bond acceptors (Lipinski definition) is 3. The van der Waals surface area contributed by atoms with Crippen molar-refractivity contribution < 1.29 is 8.42 Å². The van der Waals surface area contributed by atoms with Crippen molar-refractivity contribution in [2.75, 3.05) is 4.72 Å². The normalized spacial score (nSPS) is 12.9. The standard InChI is InChI=1S/C9H8Cl2N2O2S/c1-6(5-12)16(14,15)13-9-3-2-7(10)4-8(9)11/h2-4,6,13H,1H3. The number of rotatable bonds is 3. The number of halogens is 2. The summed E-state index contributed by atoms with van der Waals surface area (Å²) in [5.41, 5.74) is 0.202. The summed E-state index contributed by atoms with van der Waals surface area (Å²) >= 11 is 11.5. The van der Waals surface area contributed by atoms with E-state index in [-0.39, 0.29) is 10.7 Å². The van der Waals surface area contributed by atoms with Crippen LogP contribution in [0.4, 0.5) is 5.69 Å². The molecular formula is C9H8Cl2N2O2S. The molecule has 4 nitrogen and oxygen atoms in total. The third-order valence-corrected chi connectivity index (χ3v) is 3.92. The Kier molecular flexibility index (Phi) is 4.03. The van der Waals surface area contributed by atoms with E-state index in [1.807, 2.05) is 0 Å². The van der Waals surface area contributed by atoms with Gasteiger partial charge in [0.15, 0.2) is 5.25 Å². The van der Waals surface area contributed by atoms with Gasteiger partial charge in [-0.1, -0.05) is 23.2 Å². The summed E-state index contributed by atoms with van der Waals surface area (Å²) in [6, 6.07) is 5.99. The summed E-state index contributed by atoms with van der Waals surface area (Å²) < 4.78 is 25.3. The molecule has 0 heterocycles. The van der Waals surface area contributed by atoms with Gasteiger partial charge in [0.1, 0.15) is 0 Å². The predicted molar refractivity (Wildman–Crippen MR) is 64.1 cm³/mol. The maximum Gasteiger partial charge on any atom is 0.248 e. The quantitative estimate of drug-likeness (QED) is 0.924. The SMILES string of the molecule is CC(C#N)S(=O)(=O)Nc1ccc(Cl)cc1Cl. The molecule has 1 unspecified atom stereocenters. The van der Waals surface area contributed by atoms with Crippen molar-refractivity contribution in [1.82, 2.24) is 0 Å². The van der Waals surface area contributed by atoms with E-state index in [1.165, 1.54) is 25.1 Å². The van der Waals surface area contributed by atoms with E-state index >= 15 is 0 Å². The van der Waals surface area contributed by atoms with Gasteiger partial charge in [-0.25, -0.2) is 8.42 Å². The molecule has 1 aromatic carbocycles. The number of anilines is 1. The van der Waals surface area contributed by atoms with Gasteiger partial charge in [0, 0.05) is 5.02 Å². The van der Waals surface area contributed by atoms with Crippen LogP contribution in [0, 0.1) is 11.3 Å². The van der Waals surface area contributed by atoms with Crippen molar-refractivity contribution >= 4 is 38.9 Å². The van der Waals surface area contributed by atoms with Crippen LogP contribution >= 0.6 is 23.2 Å². The first-order valence-electron chi connectivity index (χ1n) is 4.23. The van der Waals surface area contributed by atoms with Crippen LogP contribution in [0.2, 0.25) is 10.0 Å². The number of nitriles is 1. The molecule has 0 fully saturated rings. The predicted octanol–water partition coefficient (Wildman–Crippen LogP) is 2.65. The fourth-order valence-corrected chi connectivity index (χ4v) is 2.20. The minimum absolute atomic E-state index is 0.182. The van der Waals surface area contributed by atoms with Gasteiger partial charge in [-0.3, -0.25) is 4.72 Å². The van der Waals surface area contributed by atoms with E-state index in [2.05, 4.69) is 4.72 Å². The number of sulfonamides is 1. The van der Waals surface area contributed by atoms with Crippen LogP contribution in [0.25, 0.3) is 0 Å². The van der Waals surface area contributed by atoms with Crippen molar-refractivity contribution in [2.24, 2.45) is 0 Å². The second-order valence-corrected chi connectivity index (χ2v) is 5.89. The van der Waals surface area contributed by atoms with Crippen LogP contribution in [0.3, 0.4) is 0 Å². The highest BCUT2D eigenvalue weighted by atomic mass is 35.5. The number of benzene rings is 1. The van der Waals surface area contributed by atoms with Crippen molar-refractivity contribution in [3.05, 3.63) is 28.2 Å². The molecule has 0 radical (unpaired) electrons. The molecule has 0 aliphatic carbocycles. The Morgan fingerprint density at radius 2 is 2.06 bits per heavy atom. The van der Waals surface area contributed by atoms with Crippen LogP contribution in [-0.2, 0) is 10.0 Å². The summed E-state index contributed by atoms with van der Waals surface area (Å²) in [7, 11) is -3.74. The lowest BCUT2D eigenvalue weighted by molar-refractivity contribution is 0.597. The Morgan fingerprint density at radius 3 is 2.56 bits per heavy atom. The molecule has 0 saturated carbocycles. The van der Waals surface area contributed by atoms with Crippen LogP contribution in [0.1, 0.15) is 6.92 Å². The second kappa shape index (κ2) is 4.91. The highest BCUT2D eigenvalue weighted by Crippen LogP contribution is 2.26. The van der Waals surface area contributed by atoms with Crippen LogP contribution in [0.5, 0.6) is 0 Å². The topological polar surface area (TPSA) is 70.0 Å². The number of hydrogen-bond donors (Lipinski definition) is 1. The molecule has 0 aliphatic heterocycles. The summed E-state index contributed by atoms with van der Waals surface area (Å²) in [6.45, 7) is 1.28. The third-order valence-electron chi connectivity index (χ3n) is 1.83. The number of nitrogens with one attached hydrogen (secondary N) is 1. The molecule has 16 heavy (non-hydrogen) atoms. The van der Waals surface area contributed by atoms with Gasteiger partial charge in [0.25, 0.3) is 0 Å². The Balaban J connectivity index is 3.03. The van der Waals surface area contributed by atoms with Gasteiger partial charge in [0.05, 0.1) is 16.8 Å². The van der Waals surface area contributed by atoms with E-state index in [1.54, 1.807) is 6.07 Å². The Morgan fingerprint density at radius 1 is 1.44 bits per heavy atom. The van der Waals surface area contributed by atoms with E-state index in [0.717, 1.165) is 0 Å². The lowest BCUT2D eigenvalue weighted by Crippen LogP contribution is -2.23. The molecule has 0 saturated heterocycles. The van der Waals surface area contributed by atoms with Crippen LogP contribution in [-0.4, -0.2) is 13.7 Å². The van der Waals surface area contributed by atoms with Gasteiger partial charge in [-0.05, 0) is 25.1 Å². The summed E-state index contributed by atoms with van der Waals surface area (Å²) in [6.07, 6.45) is 0. The smallest absolute Gasteiger partial charge is 0.248 e. The minimum atomic E-state index is -3.74. The van der Waals surface area contributed by atoms with E-state index in [4.69, 9.17) is 28.5 Å². The third kappa shape index (κ3) is 3.01. The summed E-state index contributed by atoms with van der Waals surface area (Å²) in [4.78, 5) is 0. The van der Waals surface area contributed by atoms with Crippen LogP contribution in [0.15, 0.2) is 18.2 Å². The van der Waals surface area contributed by atoms with Gasteiger partial charge in [-0.15, -0.1) is 0 Å². The minimum Gasteiger partial charge on any atom is -0.281 e. The van der Waals surface area contributed by atoms with Crippen molar-refractivity contribution in [3.63, 3.8) is 0 Å². The van der Waals surface area contributed by atoms with Crippen molar-refractivity contribution in [2.45, 2.75) is 12.2 Å². The Bertz CT molecular complexity index is 537. The zero-order valence-electron chi connectivity index (χ0n) is 8.24. The van der Waals surface area contributed by atoms with Gasteiger partial charge in [0.2, 0.25) is 10.0 Å². The zero-order valence-corrected chi connectivity index (χ0v) is 10.6. The lowest BCUT2D eigenvalue weighted by Gasteiger charge is -2.10. The first kappa shape index (κ1) is 13.1. The molecule has 1 aromatic rings. The fourth-order valence-electron chi connectivity index (χ4n) is 0.883. The molecule has 1 atom stereocenters. The molecule has 1 N–H and O–H groups in total. The van der Waals surface area contributed by atoms with Crippen molar-refractivity contribution in [1.29, 1.82) is 5.26 Å². The monoisotopic (exact) mass is 278 g/mol. The molecule has 0 bridgehead atoms. The first-order chi connectivity index (χ1) is 7.36. The molecule has 0 aliphatic rings. The zero-order chi connectivity index (χ0) is 12.3. The molecule has 0 aromatic heterocycles. The van der Waals surface area contributed by atoms with Gasteiger partial charge < -0.3 is 0 Å². The van der Waals surface area contributed by atoms with Gasteiger partial charge in [-0.2, -0.15) is 5.26 Å². The maximum absolute atomic E-state index is 11.5. The lowest BCUT2D eigenvalue weighted by atomic mass is 10.3. The van der Waals surface area contributed by atoms with E-state index in [9.17, 15) is 8.42 Å². The average Bonchev–Trinajstić information content (AvgIpc) is 2.21. The summed E-state index contributed by atoms with van der Waals surface area (Å²) in [5.74, 6) is 0. The highest BCUT2D eigenvalue weighted by Gasteiger charge is 2.20. The average molecular weight is 279 g/mol. The van der Waals surface area contributed by atoms with E-state index in [0.29, 0.717) is 5.02 Å². The molecule has 0 spiro atoms. The van der Waals surface area contributed by atoms with Crippen molar-refractivity contribution in [3.8, 4) is 6.07 Å². The Labute approximate surface area is 104 Å².